The highest BCUT2D eigenvalue weighted by molar-refractivity contribution is 6.84. The SMILES string of the molecule is C[Si](C)(C)CCC1CCC2OC2C1.C[Si](C)(CCC1CCC2OC2C1)O[Si](C)(C)CCC1CCC2OC2C1. The topological polar surface area (TPSA) is 46.8 Å². The molecular weight excluding hydrogens is 521 g/mol. The first-order chi connectivity index (χ1) is 17.8. The largest absolute Gasteiger partial charge is 0.455 e. The lowest BCUT2D eigenvalue weighted by molar-refractivity contribution is 0.352. The van der Waals surface area contributed by atoms with Crippen molar-refractivity contribution in [1.29, 1.82) is 0 Å². The molecule has 3 saturated heterocycles. The lowest BCUT2D eigenvalue weighted by atomic mass is 9.88. The minimum Gasteiger partial charge on any atom is -0.455 e. The van der Waals surface area contributed by atoms with Crippen LogP contribution in [0.3, 0.4) is 0 Å². The van der Waals surface area contributed by atoms with Gasteiger partial charge < -0.3 is 18.3 Å². The first-order valence-electron chi connectivity index (χ1n) is 16.5. The lowest BCUT2D eigenvalue weighted by Gasteiger charge is -2.36. The summed E-state index contributed by atoms with van der Waals surface area (Å²) >= 11 is 0. The van der Waals surface area contributed by atoms with Crippen LogP contribution in [0, 0.1) is 17.8 Å². The zero-order chi connectivity index (χ0) is 27.1. The van der Waals surface area contributed by atoms with Crippen molar-refractivity contribution in [2.75, 3.05) is 0 Å². The molecule has 4 nitrogen and oxygen atoms in total. The highest BCUT2D eigenvalue weighted by Gasteiger charge is 2.46. The van der Waals surface area contributed by atoms with Crippen LogP contribution < -0.4 is 0 Å². The third kappa shape index (κ3) is 9.52. The van der Waals surface area contributed by atoms with Crippen LogP contribution in [0.15, 0.2) is 0 Å². The predicted octanol–water partition coefficient (Wildman–Crippen LogP) is 8.61. The van der Waals surface area contributed by atoms with Crippen LogP contribution in [-0.2, 0) is 18.3 Å². The average Bonchev–Trinajstić information content (AvgIpc) is 3.71. The number of ether oxygens (including phenoxy) is 3. The summed E-state index contributed by atoms with van der Waals surface area (Å²) in [5.74, 6) is 2.80. The monoisotopic (exact) mass is 580 g/mol. The van der Waals surface area contributed by atoms with Crippen molar-refractivity contribution in [3.63, 3.8) is 0 Å². The van der Waals surface area contributed by atoms with E-state index in [4.69, 9.17) is 18.3 Å². The zero-order valence-electron chi connectivity index (χ0n) is 25.9. The minimum atomic E-state index is -1.53. The summed E-state index contributed by atoms with van der Waals surface area (Å²) in [6, 6.07) is 4.19. The van der Waals surface area contributed by atoms with Gasteiger partial charge in [-0.05, 0) is 114 Å². The molecule has 0 aromatic rings. The van der Waals surface area contributed by atoms with E-state index in [1.165, 1.54) is 95.2 Å². The van der Waals surface area contributed by atoms with Crippen LogP contribution >= 0.6 is 0 Å². The summed E-state index contributed by atoms with van der Waals surface area (Å²) in [5.41, 5.74) is 0. The zero-order valence-corrected chi connectivity index (χ0v) is 28.9. The van der Waals surface area contributed by atoms with E-state index in [1.807, 2.05) is 0 Å². The summed E-state index contributed by atoms with van der Waals surface area (Å²) in [5, 5.41) is 0. The summed E-state index contributed by atoms with van der Waals surface area (Å²) in [6.45, 7) is 17.3. The summed E-state index contributed by atoms with van der Waals surface area (Å²) in [4.78, 5) is 0. The standard InChI is InChI=1S/C20H38O3Si2.C11H22OSi/c1-24(2,11-9-15-5-7-17-19(13-15)21-17)23-25(3,4)12-10-16-6-8-18-20(14-16)22-18;1-13(2,3)7-6-9-4-5-10-11(8-9)12-10/h15-20H,5-14H2,1-4H3;9-11H,4-8H2,1-3H3. The molecule has 0 aromatic carbocycles. The third-order valence-electron chi connectivity index (χ3n) is 10.5. The van der Waals surface area contributed by atoms with Crippen molar-refractivity contribution in [3.8, 4) is 0 Å². The molecule has 9 atom stereocenters. The minimum absolute atomic E-state index is 0.626. The molecule has 0 radical (unpaired) electrons. The van der Waals surface area contributed by atoms with Gasteiger partial charge in [0.25, 0.3) is 0 Å². The molecule has 3 aliphatic carbocycles. The maximum atomic E-state index is 6.90. The predicted molar refractivity (Wildman–Crippen MR) is 166 cm³/mol. The quantitative estimate of drug-likeness (QED) is 0.181. The van der Waals surface area contributed by atoms with E-state index < -0.39 is 24.7 Å². The Bertz CT molecular complexity index is 742. The second-order valence-electron chi connectivity index (χ2n) is 16.5. The normalized spacial score (nSPS) is 39.7. The molecule has 0 aromatic heterocycles. The maximum Gasteiger partial charge on any atom is 0.173 e. The summed E-state index contributed by atoms with van der Waals surface area (Å²) < 4.78 is 23.8. The molecule has 220 valence electrons. The molecule has 6 aliphatic rings. The van der Waals surface area contributed by atoms with Crippen LogP contribution in [0.25, 0.3) is 0 Å². The Morgan fingerprint density at radius 3 is 1.13 bits per heavy atom. The average molecular weight is 581 g/mol. The van der Waals surface area contributed by atoms with E-state index in [0.717, 1.165) is 17.8 Å². The van der Waals surface area contributed by atoms with E-state index in [2.05, 4.69) is 45.8 Å². The second-order valence-corrected chi connectivity index (χ2v) is 31.0. The van der Waals surface area contributed by atoms with Gasteiger partial charge in [0.2, 0.25) is 0 Å². The number of hydrogen-bond acceptors (Lipinski definition) is 4. The Labute approximate surface area is 238 Å². The molecule has 7 heteroatoms. The molecular formula is C31H60O4Si3. The van der Waals surface area contributed by atoms with Gasteiger partial charge in [0, 0.05) is 8.07 Å². The van der Waals surface area contributed by atoms with Crippen molar-refractivity contribution in [3.05, 3.63) is 0 Å². The van der Waals surface area contributed by atoms with Crippen molar-refractivity contribution in [2.24, 2.45) is 17.8 Å². The van der Waals surface area contributed by atoms with Gasteiger partial charge >= 0.3 is 0 Å². The molecule has 0 N–H and O–H groups in total. The van der Waals surface area contributed by atoms with Crippen molar-refractivity contribution < 1.29 is 18.3 Å². The summed E-state index contributed by atoms with van der Waals surface area (Å²) in [6.07, 6.45) is 20.3. The number of epoxide rings is 3. The lowest BCUT2D eigenvalue weighted by Crippen LogP contribution is -2.44. The number of rotatable bonds is 11. The number of hydrogen-bond donors (Lipinski definition) is 0. The van der Waals surface area contributed by atoms with Gasteiger partial charge in [0.15, 0.2) is 16.6 Å². The van der Waals surface area contributed by atoms with Gasteiger partial charge in [-0.1, -0.05) is 44.9 Å². The highest BCUT2D eigenvalue weighted by atomic mass is 28.4. The molecule has 6 fully saturated rings. The fourth-order valence-corrected chi connectivity index (χ4v) is 18.1. The first-order valence-corrected chi connectivity index (χ1v) is 26.4. The molecule has 38 heavy (non-hydrogen) atoms. The van der Waals surface area contributed by atoms with E-state index in [9.17, 15) is 0 Å². The molecule has 3 aliphatic heterocycles. The molecule has 3 saturated carbocycles. The molecule has 9 unspecified atom stereocenters. The Morgan fingerprint density at radius 2 is 0.816 bits per heavy atom. The van der Waals surface area contributed by atoms with Crippen molar-refractivity contribution >= 4 is 24.7 Å². The van der Waals surface area contributed by atoms with Crippen LogP contribution in [0.1, 0.15) is 77.0 Å². The van der Waals surface area contributed by atoms with Crippen molar-refractivity contribution in [2.45, 2.75) is 178 Å². The fourth-order valence-electron chi connectivity index (χ4n) is 7.84. The molecule has 3 heterocycles. The van der Waals surface area contributed by atoms with Crippen LogP contribution in [0.2, 0.25) is 64.0 Å². The van der Waals surface area contributed by atoms with Gasteiger partial charge in [-0.2, -0.15) is 0 Å². The van der Waals surface area contributed by atoms with Gasteiger partial charge in [0.05, 0.1) is 36.6 Å². The Balaban J connectivity index is 0.000000190. The third-order valence-corrected chi connectivity index (χ3v) is 19.7. The molecule has 6 rings (SSSR count). The van der Waals surface area contributed by atoms with Gasteiger partial charge in [-0.15, -0.1) is 0 Å². The number of fused-ring (bicyclic) bond motifs is 3. The smallest absolute Gasteiger partial charge is 0.173 e. The van der Waals surface area contributed by atoms with E-state index in [0.29, 0.717) is 36.6 Å². The van der Waals surface area contributed by atoms with Crippen LogP contribution in [-0.4, -0.2) is 61.3 Å². The van der Waals surface area contributed by atoms with Crippen LogP contribution in [0.5, 0.6) is 0 Å². The van der Waals surface area contributed by atoms with Crippen molar-refractivity contribution in [1.82, 2.24) is 0 Å². The van der Waals surface area contributed by atoms with E-state index >= 15 is 0 Å². The molecule has 0 bridgehead atoms. The Morgan fingerprint density at radius 1 is 0.474 bits per heavy atom. The Hall–Kier alpha value is 0.491. The summed E-state index contributed by atoms with van der Waals surface area (Å²) in [7, 11) is -3.84. The fraction of sp³-hybridized carbons (Fsp3) is 1.00. The van der Waals surface area contributed by atoms with Gasteiger partial charge in [-0.3, -0.25) is 0 Å². The first kappa shape index (κ1) is 30.0. The van der Waals surface area contributed by atoms with Crippen LogP contribution in [0.4, 0.5) is 0 Å². The van der Waals surface area contributed by atoms with Gasteiger partial charge in [0.1, 0.15) is 0 Å². The highest BCUT2D eigenvalue weighted by Crippen LogP contribution is 2.44. The van der Waals surface area contributed by atoms with E-state index in [1.54, 1.807) is 0 Å². The van der Waals surface area contributed by atoms with E-state index in [-0.39, 0.29) is 0 Å². The Kier molecular flexibility index (Phi) is 9.47. The molecule has 0 amide bonds. The van der Waals surface area contributed by atoms with Gasteiger partial charge in [-0.25, -0.2) is 0 Å². The second kappa shape index (κ2) is 12.0. The maximum absolute atomic E-state index is 6.90. The molecule has 0 spiro atoms.